The highest BCUT2D eigenvalue weighted by Crippen LogP contribution is 2.38. The van der Waals surface area contributed by atoms with E-state index in [1.165, 1.54) is 0 Å². The van der Waals surface area contributed by atoms with Crippen LogP contribution in [-0.2, 0) is 14.6 Å². The minimum atomic E-state index is -3.07. The first-order valence-corrected chi connectivity index (χ1v) is 7.84. The predicted molar refractivity (Wildman–Crippen MR) is 69.7 cm³/mol. The number of ether oxygens (including phenoxy) is 1. The molecule has 0 aromatic carbocycles. The Labute approximate surface area is 105 Å². The molecule has 1 rings (SSSR count). The predicted octanol–water partition coefficient (Wildman–Crippen LogP) is 1.34. The van der Waals surface area contributed by atoms with Crippen LogP contribution in [0.4, 0.5) is 0 Å². The lowest BCUT2D eigenvalue weighted by molar-refractivity contribution is 0.0657. The summed E-state index contributed by atoms with van der Waals surface area (Å²) in [4.78, 5) is 0. The van der Waals surface area contributed by atoms with E-state index in [9.17, 15) is 8.42 Å². The van der Waals surface area contributed by atoms with Gasteiger partial charge < -0.3 is 10.5 Å². The molecular weight excluding hydrogens is 238 g/mol. The van der Waals surface area contributed by atoms with E-state index in [4.69, 9.17) is 10.5 Å². The Morgan fingerprint density at radius 3 is 2.35 bits per heavy atom. The van der Waals surface area contributed by atoms with Crippen molar-refractivity contribution in [1.82, 2.24) is 0 Å². The molecule has 17 heavy (non-hydrogen) atoms. The smallest absolute Gasteiger partial charge is 0.155 e. The van der Waals surface area contributed by atoms with Gasteiger partial charge in [0.25, 0.3) is 0 Å². The highest BCUT2D eigenvalue weighted by Gasteiger charge is 2.42. The SMILES string of the molecule is CC1OCCC1(CN)CCS(=O)(=O)C(C)(C)C. The van der Waals surface area contributed by atoms with Crippen molar-refractivity contribution in [3.05, 3.63) is 0 Å². The van der Waals surface area contributed by atoms with Crippen molar-refractivity contribution >= 4 is 9.84 Å². The van der Waals surface area contributed by atoms with Gasteiger partial charge in [0.1, 0.15) is 0 Å². The molecule has 0 saturated carbocycles. The van der Waals surface area contributed by atoms with Crippen molar-refractivity contribution in [2.75, 3.05) is 18.9 Å². The monoisotopic (exact) mass is 263 g/mol. The molecule has 0 aromatic heterocycles. The first-order chi connectivity index (χ1) is 7.65. The molecule has 0 radical (unpaired) electrons. The summed E-state index contributed by atoms with van der Waals surface area (Å²) in [5.41, 5.74) is 5.67. The Balaban J connectivity index is 2.73. The maximum Gasteiger partial charge on any atom is 0.155 e. The highest BCUT2D eigenvalue weighted by molar-refractivity contribution is 7.92. The van der Waals surface area contributed by atoms with Crippen LogP contribution in [0.3, 0.4) is 0 Å². The summed E-state index contributed by atoms with van der Waals surface area (Å²) in [6.45, 7) is 8.40. The number of rotatable bonds is 4. The topological polar surface area (TPSA) is 69.4 Å². The lowest BCUT2D eigenvalue weighted by Gasteiger charge is -2.31. The van der Waals surface area contributed by atoms with E-state index in [1.807, 2.05) is 6.92 Å². The van der Waals surface area contributed by atoms with Gasteiger partial charge in [-0.2, -0.15) is 0 Å². The fraction of sp³-hybridized carbons (Fsp3) is 1.00. The molecule has 5 heteroatoms. The van der Waals surface area contributed by atoms with E-state index >= 15 is 0 Å². The summed E-state index contributed by atoms with van der Waals surface area (Å²) < 4.78 is 29.0. The Bertz CT molecular complexity index is 358. The third-order valence-electron chi connectivity index (χ3n) is 4.04. The average Bonchev–Trinajstić information content (AvgIpc) is 2.56. The molecule has 0 amide bonds. The van der Waals surface area contributed by atoms with Crippen LogP contribution in [0.2, 0.25) is 0 Å². The molecular formula is C12H25NO3S. The third-order valence-corrected chi connectivity index (χ3v) is 6.65. The summed E-state index contributed by atoms with van der Waals surface area (Å²) in [6.07, 6.45) is 1.52. The molecule has 1 aliphatic rings. The molecule has 0 spiro atoms. The van der Waals surface area contributed by atoms with Crippen LogP contribution < -0.4 is 5.73 Å². The van der Waals surface area contributed by atoms with Crippen LogP contribution >= 0.6 is 0 Å². The standard InChI is InChI=1S/C12H25NO3S/c1-10-12(9-13,5-7-16-10)6-8-17(14,15)11(2,3)4/h10H,5-9,13H2,1-4H3. The molecule has 4 nitrogen and oxygen atoms in total. The summed E-state index contributed by atoms with van der Waals surface area (Å²) in [5, 5.41) is 0. The van der Waals surface area contributed by atoms with Crippen LogP contribution in [0.15, 0.2) is 0 Å². The van der Waals surface area contributed by atoms with Gasteiger partial charge in [0, 0.05) is 18.6 Å². The van der Waals surface area contributed by atoms with Gasteiger partial charge in [0.15, 0.2) is 9.84 Å². The van der Waals surface area contributed by atoms with Crippen molar-refractivity contribution in [2.45, 2.75) is 51.4 Å². The normalized spacial score (nSPS) is 30.8. The summed E-state index contributed by atoms with van der Waals surface area (Å²) in [5.74, 6) is 0.196. The Hall–Kier alpha value is -0.130. The van der Waals surface area contributed by atoms with E-state index in [2.05, 4.69) is 0 Å². The molecule has 102 valence electrons. The molecule has 2 atom stereocenters. The minimum absolute atomic E-state index is 0.0580. The first kappa shape index (κ1) is 14.9. The van der Waals surface area contributed by atoms with Gasteiger partial charge in [-0.3, -0.25) is 0 Å². The number of sulfone groups is 1. The third kappa shape index (κ3) is 3.01. The molecule has 0 bridgehead atoms. The zero-order valence-corrected chi connectivity index (χ0v) is 12.1. The van der Waals surface area contributed by atoms with Crippen LogP contribution in [0.25, 0.3) is 0 Å². The number of nitrogens with two attached hydrogens (primary N) is 1. The van der Waals surface area contributed by atoms with E-state index < -0.39 is 14.6 Å². The van der Waals surface area contributed by atoms with Crippen molar-refractivity contribution in [3.8, 4) is 0 Å². The van der Waals surface area contributed by atoms with Crippen molar-refractivity contribution < 1.29 is 13.2 Å². The molecule has 1 heterocycles. The van der Waals surface area contributed by atoms with Gasteiger partial charge in [-0.05, 0) is 40.5 Å². The molecule has 0 aliphatic carbocycles. The fourth-order valence-electron chi connectivity index (χ4n) is 2.16. The first-order valence-electron chi connectivity index (χ1n) is 6.19. The van der Waals surface area contributed by atoms with E-state index in [-0.39, 0.29) is 17.3 Å². The summed E-state index contributed by atoms with van der Waals surface area (Å²) in [6, 6.07) is 0. The van der Waals surface area contributed by atoms with Crippen LogP contribution in [0.1, 0.15) is 40.5 Å². The van der Waals surface area contributed by atoms with Crippen molar-refractivity contribution in [3.63, 3.8) is 0 Å². The number of hydrogen-bond donors (Lipinski definition) is 1. The second-order valence-electron chi connectivity index (χ2n) is 6.01. The zero-order valence-electron chi connectivity index (χ0n) is 11.3. The lowest BCUT2D eigenvalue weighted by Crippen LogP contribution is -2.40. The van der Waals surface area contributed by atoms with Crippen LogP contribution in [-0.4, -0.2) is 38.2 Å². The van der Waals surface area contributed by atoms with Gasteiger partial charge in [-0.25, -0.2) is 8.42 Å². The maximum atomic E-state index is 12.1. The van der Waals surface area contributed by atoms with Gasteiger partial charge in [-0.15, -0.1) is 0 Å². The van der Waals surface area contributed by atoms with Crippen molar-refractivity contribution in [2.24, 2.45) is 11.1 Å². The fourth-order valence-corrected chi connectivity index (χ4v) is 3.45. The van der Waals surface area contributed by atoms with E-state index in [0.717, 1.165) is 6.42 Å². The second-order valence-corrected chi connectivity index (χ2v) is 8.87. The van der Waals surface area contributed by atoms with Gasteiger partial charge in [-0.1, -0.05) is 0 Å². The largest absolute Gasteiger partial charge is 0.378 e. The number of hydrogen-bond acceptors (Lipinski definition) is 4. The van der Waals surface area contributed by atoms with Gasteiger partial charge in [0.05, 0.1) is 16.6 Å². The maximum absolute atomic E-state index is 12.1. The second kappa shape index (κ2) is 4.86. The summed E-state index contributed by atoms with van der Waals surface area (Å²) in [7, 11) is -3.07. The molecule has 2 N–H and O–H groups in total. The molecule has 2 unspecified atom stereocenters. The van der Waals surface area contributed by atoms with Crippen molar-refractivity contribution in [1.29, 1.82) is 0 Å². The lowest BCUT2D eigenvalue weighted by atomic mass is 9.79. The minimum Gasteiger partial charge on any atom is -0.378 e. The zero-order chi connectivity index (χ0) is 13.3. The Morgan fingerprint density at radius 2 is 2.00 bits per heavy atom. The van der Waals surface area contributed by atoms with Crippen LogP contribution in [0.5, 0.6) is 0 Å². The van der Waals surface area contributed by atoms with E-state index in [1.54, 1.807) is 20.8 Å². The molecule has 1 saturated heterocycles. The highest BCUT2D eigenvalue weighted by atomic mass is 32.2. The average molecular weight is 263 g/mol. The molecule has 1 aliphatic heterocycles. The summed E-state index contributed by atoms with van der Waals surface area (Å²) >= 11 is 0. The van der Waals surface area contributed by atoms with Gasteiger partial charge in [0.2, 0.25) is 0 Å². The van der Waals surface area contributed by atoms with Crippen LogP contribution in [0, 0.1) is 5.41 Å². The van der Waals surface area contributed by atoms with Gasteiger partial charge >= 0.3 is 0 Å². The Morgan fingerprint density at radius 1 is 1.41 bits per heavy atom. The quantitative estimate of drug-likeness (QED) is 0.831. The Kier molecular flexibility index (Phi) is 4.27. The van der Waals surface area contributed by atoms with E-state index in [0.29, 0.717) is 19.6 Å². The molecule has 0 aromatic rings. The molecule has 1 fully saturated rings.